The van der Waals surface area contributed by atoms with Crippen molar-refractivity contribution in [2.75, 3.05) is 0 Å². The average Bonchev–Trinajstić information content (AvgIpc) is 2.80. The molecule has 21 heavy (non-hydrogen) atoms. The maximum Gasteiger partial charge on any atom is 0.339 e. The molecule has 0 radical (unpaired) electrons. The Hall–Kier alpha value is -3.09. The fraction of sp³-hybridized carbons (Fsp3) is 0.0714. The minimum Gasteiger partial charge on any atom is -0.478 e. The molecule has 2 aromatic heterocycles. The summed E-state index contributed by atoms with van der Waals surface area (Å²) in [6, 6.07) is 8.91. The minimum atomic E-state index is -1.15. The molecule has 0 fully saturated rings. The molecule has 1 aromatic carbocycles. The highest BCUT2D eigenvalue weighted by Gasteiger charge is 2.20. The Balaban J connectivity index is 2.18. The number of hydrogen-bond donors (Lipinski definition) is 2. The Morgan fingerprint density at radius 3 is 2.71 bits per heavy atom. The van der Waals surface area contributed by atoms with Gasteiger partial charge in [-0.05, 0) is 6.07 Å². The molecule has 3 rings (SSSR count). The minimum absolute atomic E-state index is 0.0118. The van der Waals surface area contributed by atoms with Gasteiger partial charge in [-0.3, -0.25) is 14.7 Å². The molecule has 3 aromatic rings. The number of hydrogen-bond acceptors (Lipinski definition) is 4. The smallest absolute Gasteiger partial charge is 0.339 e. The molecule has 2 N–H and O–H groups in total. The third kappa shape index (κ3) is 2.25. The first-order valence-corrected chi connectivity index (χ1v) is 6.10. The van der Waals surface area contributed by atoms with Gasteiger partial charge in [0, 0.05) is 17.5 Å². The van der Waals surface area contributed by atoms with E-state index in [4.69, 9.17) is 4.42 Å². The van der Waals surface area contributed by atoms with Crippen molar-refractivity contribution in [3.8, 4) is 0 Å². The zero-order chi connectivity index (χ0) is 15.0. The number of fused-ring (bicyclic) bond motifs is 1. The Bertz CT molecular complexity index is 948. The van der Waals surface area contributed by atoms with Crippen LogP contribution < -0.4 is 11.1 Å². The molecule has 0 aliphatic carbocycles. The number of carbonyl (C=O) groups is 1. The monoisotopic (exact) mass is 286 g/mol. The van der Waals surface area contributed by atoms with Gasteiger partial charge in [0.2, 0.25) is 0 Å². The van der Waals surface area contributed by atoms with Gasteiger partial charge in [-0.2, -0.15) is 0 Å². The van der Waals surface area contributed by atoms with Gasteiger partial charge in [-0.25, -0.2) is 9.48 Å². The molecule has 0 spiro atoms. The molecule has 0 saturated carbocycles. The summed E-state index contributed by atoms with van der Waals surface area (Å²) in [7, 11) is 0. The summed E-state index contributed by atoms with van der Waals surface area (Å²) in [5.74, 6) is -1.05. The molecule has 0 saturated heterocycles. The topological polar surface area (TPSA) is 105 Å². The summed E-state index contributed by atoms with van der Waals surface area (Å²) in [6.07, 6.45) is 0. The summed E-state index contributed by atoms with van der Waals surface area (Å²) in [4.78, 5) is 34.4. The maximum absolute atomic E-state index is 11.7. The van der Waals surface area contributed by atoms with Crippen LogP contribution in [0.3, 0.4) is 0 Å². The van der Waals surface area contributed by atoms with Gasteiger partial charge >= 0.3 is 5.97 Å². The molecule has 0 unspecified atom stereocenters. The summed E-state index contributed by atoms with van der Waals surface area (Å²) < 4.78 is 6.50. The Labute approximate surface area is 117 Å². The Morgan fingerprint density at radius 1 is 1.19 bits per heavy atom. The van der Waals surface area contributed by atoms with Crippen LogP contribution in [-0.2, 0) is 6.54 Å². The Kier molecular flexibility index (Phi) is 2.94. The molecule has 7 nitrogen and oxygen atoms in total. The second-order valence-corrected chi connectivity index (χ2v) is 4.44. The molecule has 2 heterocycles. The third-order valence-electron chi connectivity index (χ3n) is 3.07. The molecule has 0 atom stereocenters. The van der Waals surface area contributed by atoms with E-state index in [0.29, 0.717) is 11.0 Å². The molecular weight excluding hydrogens is 276 g/mol. The van der Waals surface area contributed by atoms with Crippen molar-refractivity contribution < 1.29 is 14.3 Å². The normalized spacial score (nSPS) is 10.9. The van der Waals surface area contributed by atoms with Crippen molar-refractivity contribution >= 4 is 16.9 Å². The average molecular weight is 286 g/mol. The number of aromatic amines is 1. The van der Waals surface area contributed by atoms with Gasteiger partial charge < -0.3 is 9.52 Å². The maximum atomic E-state index is 11.7. The summed E-state index contributed by atoms with van der Waals surface area (Å²) in [5, 5.41) is 12.1. The van der Waals surface area contributed by atoms with Crippen LogP contribution in [0.25, 0.3) is 11.0 Å². The zero-order valence-corrected chi connectivity index (χ0v) is 10.7. The van der Waals surface area contributed by atoms with E-state index in [1.165, 1.54) is 0 Å². The highest BCUT2D eigenvalue weighted by atomic mass is 16.4. The number of carboxylic acid groups (broad SMARTS) is 1. The van der Waals surface area contributed by atoms with Crippen LogP contribution in [0, 0.1) is 0 Å². The zero-order valence-electron chi connectivity index (χ0n) is 10.7. The molecular formula is C14H10N2O5. The first-order valence-electron chi connectivity index (χ1n) is 6.10. The van der Waals surface area contributed by atoms with Gasteiger partial charge in [-0.15, -0.1) is 0 Å². The highest BCUT2D eigenvalue weighted by Crippen LogP contribution is 2.26. The number of para-hydroxylation sites is 1. The number of H-pyrrole nitrogens is 1. The number of aromatic nitrogens is 2. The predicted molar refractivity (Wildman–Crippen MR) is 73.6 cm³/mol. The number of nitrogens with zero attached hydrogens (tertiary/aromatic N) is 1. The van der Waals surface area contributed by atoms with Crippen LogP contribution in [0.15, 0.2) is 50.4 Å². The largest absolute Gasteiger partial charge is 0.478 e. The van der Waals surface area contributed by atoms with E-state index in [-0.39, 0.29) is 17.9 Å². The molecule has 0 amide bonds. The van der Waals surface area contributed by atoms with Crippen LogP contribution >= 0.6 is 0 Å². The van der Waals surface area contributed by atoms with Crippen LogP contribution in [0.4, 0.5) is 0 Å². The van der Waals surface area contributed by atoms with Crippen LogP contribution in [-0.4, -0.2) is 20.9 Å². The van der Waals surface area contributed by atoms with Crippen molar-refractivity contribution in [1.29, 1.82) is 0 Å². The highest BCUT2D eigenvalue weighted by molar-refractivity contribution is 6.03. The number of rotatable bonds is 3. The van der Waals surface area contributed by atoms with Gasteiger partial charge in [0.15, 0.2) is 0 Å². The molecule has 0 aliphatic heterocycles. The van der Waals surface area contributed by atoms with Crippen molar-refractivity contribution in [3.63, 3.8) is 0 Å². The van der Waals surface area contributed by atoms with Gasteiger partial charge in [0.05, 0.1) is 0 Å². The Morgan fingerprint density at radius 2 is 1.95 bits per heavy atom. The van der Waals surface area contributed by atoms with E-state index in [1.54, 1.807) is 24.3 Å². The second kappa shape index (κ2) is 4.78. The van der Waals surface area contributed by atoms with E-state index in [1.807, 2.05) is 0 Å². The number of furan rings is 1. The van der Waals surface area contributed by atoms with Crippen LogP contribution in [0.1, 0.15) is 16.1 Å². The fourth-order valence-corrected chi connectivity index (χ4v) is 2.17. The number of nitrogens with one attached hydrogen (secondary N) is 1. The lowest BCUT2D eigenvalue weighted by molar-refractivity contribution is 0.0696. The molecule has 7 heteroatoms. The van der Waals surface area contributed by atoms with Crippen LogP contribution in [0.2, 0.25) is 0 Å². The first-order chi connectivity index (χ1) is 10.1. The van der Waals surface area contributed by atoms with Gasteiger partial charge in [0.25, 0.3) is 11.1 Å². The van der Waals surface area contributed by atoms with E-state index in [2.05, 4.69) is 5.10 Å². The lowest BCUT2D eigenvalue weighted by Crippen LogP contribution is -2.28. The van der Waals surface area contributed by atoms with E-state index in [9.17, 15) is 19.5 Å². The fourth-order valence-electron chi connectivity index (χ4n) is 2.17. The quantitative estimate of drug-likeness (QED) is 0.748. The summed E-state index contributed by atoms with van der Waals surface area (Å²) >= 11 is 0. The summed E-state index contributed by atoms with van der Waals surface area (Å²) in [5.41, 5.74) is -0.507. The van der Waals surface area contributed by atoms with Crippen molar-refractivity contribution in [2.24, 2.45) is 0 Å². The second-order valence-electron chi connectivity index (χ2n) is 4.44. The lowest BCUT2D eigenvalue weighted by atomic mass is 10.1. The van der Waals surface area contributed by atoms with E-state index < -0.39 is 17.1 Å². The molecule has 0 bridgehead atoms. The number of benzene rings is 1. The van der Waals surface area contributed by atoms with Gasteiger partial charge in [-0.1, -0.05) is 18.2 Å². The van der Waals surface area contributed by atoms with Crippen molar-refractivity contribution in [1.82, 2.24) is 9.78 Å². The predicted octanol–water partition coefficient (Wildman–Crippen LogP) is 1.03. The summed E-state index contributed by atoms with van der Waals surface area (Å²) in [6.45, 7) is -0.161. The molecule has 0 aliphatic rings. The third-order valence-corrected chi connectivity index (χ3v) is 3.07. The van der Waals surface area contributed by atoms with E-state index in [0.717, 1.165) is 16.8 Å². The van der Waals surface area contributed by atoms with E-state index >= 15 is 0 Å². The van der Waals surface area contributed by atoms with Crippen molar-refractivity contribution in [3.05, 3.63) is 68.4 Å². The lowest BCUT2D eigenvalue weighted by Gasteiger charge is -2.03. The first kappa shape index (κ1) is 12.9. The standard InChI is InChI=1S/C14H10N2O5/c17-11-5-6-12(18)16(15-11)7-10-13(14(19)20)8-3-1-2-4-9(8)21-10/h1-6H,7H2,(H,15,17)(H,19,20). The number of aromatic carboxylic acids is 1. The van der Waals surface area contributed by atoms with Crippen LogP contribution in [0.5, 0.6) is 0 Å². The van der Waals surface area contributed by atoms with Gasteiger partial charge in [0.1, 0.15) is 23.5 Å². The molecule has 106 valence electrons. The SMILES string of the molecule is O=C(O)c1c(Cn2[nH]c(=O)ccc2=O)oc2ccccc12. The number of carboxylic acids is 1. The van der Waals surface area contributed by atoms with Crippen molar-refractivity contribution in [2.45, 2.75) is 6.54 Å².